The van der Waals surface area contributed by atoms with Gasteiger partial charge in [0.25, 0.3) is 0 Å². The van der Waals surface area contributed by atoms with E-state index in [9.17, 15) is 18.3 Å². The van der Waals surface area contributed by atoms with E-state index in [0.717, 1.165) is 5.39 Å². The minimum absolute atomic E-state index is 0.0231. The number of aromatic nitrogens is 2. The third-order valence-electron chi connectivity index (χ3n) is 4.64. The van der Waals surface area contributed by atoms with E-state index in [0.29, 0.717) is 28.3 Å². The Morgan fingerprint density at radius 3 is 2.39 bits per heavy atom. The van der Waals surface area contributed by atoms with E-state index in [1.54, 1.807) is 54.7 Å². The van der Waals surface area contributed by atoms with Crippen LogP contribution in [0.1, 0.15) is 11.1 Å². The molecule has 156 valence electrons. The zero-order chi connectivity index (χ0) is 22.0. The largest absolute Gasteiger partial charge is 0.478 e. The first-order valence-electron chi connectivity index (χ1n) is 9.20. The van der Waals surface area contributed by atoms with Crippen molar-refractivity contribution in [2.24, 2.45) is 5.14 Å². The molecular formula is C22H18N4O4S. The van der Waals surface area contributed by atoms with Crippen LogP contribution in [0.4, 0.5) is 11.5 Å². The highest BCUT2D eigenvalue weighted by atomic mass is 32.2. The van der Waals surface area contributed by atoms with Crippen LogP contribution in [0.3, 0.4) is 0 Å². The molecule has 8 nitrogen and oxygen atoms in total. The number of pyridine rings is 1. The van der Waals surface area contributed by atoms with Crippen LogP contribution in [0, 0.1) is 0 Å². The van der Waals surface area contributed by atoms with Crippen LogP contribution < -0.4 is 10.5 Å². The van der Waals surface area contributed by atoms with Crippen LogP contribution in [0.15, 0.2) is 77.8 Å². The van der Waals surface area contributed by atoms with Crippen LogP contribution in [0.2, 0.25) is 0 Å². The summed E-state index contributed by atoms with van der Waals surface area (Å²) in [6.07, 6.45) is 3.31. The maximum absolute atomic E-state index is 11.8. The lowest BCUT2D eigenvalue weighted by Crippen LogP contribution is -2.11. The lowest BCUT2D eigenvalue weighted by Gasteiger charge is -2.07. The van der Waals surface area contributed by atoms with Gasteiger partial charge >= 0.3 is 5.97 Å². The second-order valence-electron chi connectivity index (χ2n) is 6.76. The van der Waals surface area contributed by atoms with E-state index in [1.807, 2.05) is 12.1 Å². The Morgan fingerprint density at radius 2 is 1.74 bits per heavy atom. The Bertz CT molecular complexity index is 1390. The van der Waals surface area contributed by atoms with Gasteiger partial charge in [-0.2, -0.15) is 0 Å². The highest BCUT2D eigenvalue weighted by molar-refractivity contribution is 7.89. The number of rotatable bonds is 6. The zero-order valence-electron chi connectivity index (χ0n) is 16.1. The zero-order valence-corrected chi connectivity index (χ0v) is 16.9. The second kappa shape index (κ2) is 8.05. The number of hydrogen-bond donors (Lipinski definition) is 4. The van der Waals surface area contributed by atoms with E-state index in [4.69, 9.17) is 5.14 Å². The average Bonchev–Trinajstić information content (AvgIpc) is 3.14. The number of aromatic amines is 1. The van der Waals surface area contributed by atoms with E-state index in [2.05, 4.69) is 15.3 Å². The van der Waals surface area contributed by atoms with Crippen molar-refractivity contribution >= 4 is 50.2 Å². The lowest BCUT2D eigenvalue weighted by atomic mass is 10.0. The fraction of sp³-hybridized carbons (Fsp3) is 0. The van der Waals surface area contributed by atoms with Gasteiger partial charge < -0.3 is 15.4 Å². The van der Waals surface area contributed by atoms with Gasteiger partial charge in [-0.15, -0.1) is 0 Å². The number of primary sulfonamides is 1. The van der Waals surface area contributed by atoms with E-state index < -0.39 is 16.0 Å². The number of carbonyl (C=O) groups is 1. The van der Waals surface area contributed by atoms with Crippen molar-refractivity contribution in [2.75, 3.05) is 5.32 Å². The van der Waals surface area contributed by atoms with Gasteiger partial charge in [-0.3, -0.25) is 0 Å². The fourth-order valence-electron chi connectivity index (χ4n) is 3.13. The molecule has 5 N–H and O–H groups in total. The molecule has 2 heterocycles. The van der Waals surface area contributed by atoms with Crippen molar-refractivity contribution in [3.05, 3.63) is 84.1 Å². The molecule has 0 fully saturated rings. The van der Waals surface area contributed by atoms with Gasteiger partial charge in [-0.1, -0.05) is 30.3 Å². The molecule has 0 saturated heterocycles. The highest BCUT2D eigenvalue weighted by Crippen LogP contribution is 2.26. The van der Waals surface area contributed by atoms with Crippen molar-refractivity contribution in [1.82, 2.24) is 9.97 Å². The van der Waals surface area contributed by atoms with E-state index >= 15 is 0 Å². The maximum Gasteiger partial charge on any atom is 0.336 e. The highest BCUT2D eigenvalue weighted by Gasteiger charge is 2.13. The van der Waals surface area contributed by atoms with Crippen LogP contribution in [0.5, 0.6) is 0 Å². The summed E-state index contributed by atoms with van der Waals surface area (Å²) in [5.41, 5.74) is 2.71. The van der Waals surface area contributed by atoms with Crippen LogP contribution in [0.25, 0.3) is 22.7 Å². The summed E-state index contributed by atoms with van der Waals surface area (Å²) in [6, 6.07) is 18.5. The molecular weight excluding hydrogens is 416 g/mol. The van der Waals surface area contributed by atoms with Crippen molar-refractivity contribution in [3.8, 4) is 0 Å². The molecule has 4 aromatic rings. The summed E-state index contributed by atoms with van der Waals surface area (Å²) in [6.45, 7) is 0. The summed E-state index contributed by atoms with van der Waals surface area (Å²) in [5, 5.41) is 18.6. The van der Waals surface area contributed by atoms with Crippen LogP contribution >= 0.6 is 0 Å². The normalized spacial score (nSPS) is 12.1. The number of nitrogens with two attached hydrogens (primary N) is 1. The molecule has 0 amide bonds. The van der Waals surface area contributed by atoms with E-state index in [1.165, 1.54) is 12.1 Å². The van der Waals surface area contributed by atoms with Gasteiger partial charge in [0.2, 0.25) is 10.0 Å². The van der Waals surface area contributed by atoms with Crippen LogP contribution in [-0.2, 0) is 14.8 Å². The minimum atomic E-state index is -3.75. The maximum atomic E-state index is 11.8. The predicted octanol–water partition coefficient (Wildman–Crippen LogP) is 3.58. The number of fused-ring (bicyclic) bond motifs is 1. The number of nitrogens with zero attached hydrogens (tertiary/aromatic N) is 1. The van der Waals surface area contributed by atoms with Crippen molar-refractivity contribution in [1.29, 1.82) is 0 Å². The number of carboxylic acid groups (broad SMARTS) is 1. The molecule has 2 aromatic heterocycles. The molecule has 9 heteroatoms. The number of hydrogen-bond acceptors (Lipinski definition) is 5. The number of H-pyrrole nitrogens is 1. The lowest BCUT2D eigenvalue weighted by molar-refractivity contribution is -0.130. The van der Waals surface area contributed by atoms with Crippen LogP contribution in [-0.4, -0.2) is 29.5 Å². The Hall–Kier alpha value is -3.95. The first-order valence-corrected chi connectivity index (χ1v) is 10.7. The third-order valence-corrected chi connectivity index (χ3v) is 5.57. The van der Waals surface area contributed by atoms with Crippen molar-refractivity contribution in [2.45, 2.75) is 4.90 Å². The monoisotopic (exact) mass is 434 g/mol. The number of anilines is 2. The number of nitrogens with one attached hydrogen (secondary N) is 2. The molecule has 0 unspecified atom stereocenters. The van der Waals surface area contributed by atoms with Gasteiger partial charge in [-0.25, -0.2) is 23.3 Å². The number of aliphatic carboxylic acids is 1. The first-order chi connectivity index (χ1) is 14.8. The van der Waals surface area contributed by atoms with Gasteiger partial charge in [0.1, 0.15) is 11.5 Å². The first kappa shape index (κ1) is 20.3. The molecule has 4 rings (SSSR count). The molecule has 31 heavy (non-hydrogen) atoms. The smallest absolute Gasteiger partial charge is 0.336 e. The summed E-state index contributed by atoms with van der Waals surface area (Å²) in [7, 11) is -3.75. The second-order valence-corrected chi connectivity index (χ2v) is 8.32. The molecule has 0 radical (unpaired) electrons. The number of benzene rings is 2. The SMILES string of the molecule is NS(=O)(=O)c1ccc(Nc2ccc3c(/C=C(/C(=O)O)c4ccccc4)c[nH]c3n2)cc1. The van der Waals surface area contributed by atoms with E-state index in [-0.39, 0.29) is 10.5 Å². The third kappa shape index (κ3) is 4.47. The molecule has 0 aliphatic heterocycles. The van der Waals surface area contributed by atoms with Gasteiger partial charge in [0.05, 0.1) is 10.5 Å². The molecule has 0 bridgehead atoms. The molecule has 0 atom stereocenters. The summed E-state index contributed by atoms with van der Waals surface area (Å²) in [4.78, 5) is 19.3. The summed E-state index contributed by atoms with van der Waals surface area (Å²) in [5.74, 6) is -0.482. The molecule has 0 spiro atoms. The average molecular weight is 434 g/mol. The topological polar surface area (TPSA) is 138 Å². The number of carboxylic acids is 1. The Kier molecular flexibility index (Phi) is 5.28. The molecule has 2 aromatic carbocycles. The Morgan fingerprint density at radius 1 is 1.03 bits per heavy atom. The molecule has 0 aliphatic carbocycles. The standard InChI is InChI=1S/C22H18N4O4S/c23-31(29,30)17-8-6-16(7-9-17)25-20-11-10-18-15(13-24-21(18)26-20)12-19(22(27)28)14-4-2-1-3-5-14/h1-13H,(H,27,28)(H2,23,29,30)(H2,24,25,26)/b19-12+. The van der Waals surface area contributed by atoms with Crippen molar-refractivity contribution in [3.63, 3.8) is 0 Å². The Labute approximate surface area is 178 Å². The number of sulfonamides is 1. The minimum Gasteiger partial charge on any atom is -0.478 e. The summed E-state index contributed by atoms with van der Waals surface area (Å²) >= 11 is 0. The predicted molar refractivity (Wildman–Crippen MR) is 119 cm³/mol. The Balaban J connectivity index is 1.63. The van der Waals surface area contributed by atoms with Gasteiger partial charge in [0.15, 0.2) is 0 Å². The quantitative estimate of drug-likeness (QED) is 0.342. The molecule has 0 saturated carbocycles. The summed E-state index contributed by atoms with van der Waals surface area (Å²) < 4.78 is 22.7. The van der Waals surface area contributed by atoms with Gasteiger partial charge in [0, 0.05) is 22.8 Å². The molecule has 0 aliphatic rings. The van der Waals surface area contributed by atoms with Gasteiger partial charge in [-0.05, 0) is 48.0 Å². The van der Waals surface area contributed by atoms with Crippen molar-refractivity contribution < 1.29 is 18.3 Å². The fourth-order valence-corrected chi connectivity index (χ4v) is 3.65.